The number of benzene rings is 2. The van der Waals surface area contributed by atoms with Gasteiger partial charge in [0, 0.05) is 6.21 Å². The molecule has 0 aromatic heterocycles. The zero-order chi connectivity index (χ0) is 13.1. The summed E-state index contributed by atoms with van der Waals surface area (Å²) in [6.07, 6.45) is 1.23. The predicted octanol–water partition coefficient (Wildman–Crippen LogP) is 4.68. The normalized spacial score (nSPS) is 11.1. The first-order valence-corrected chi connectivity index (χ1v) is 5.70. The zero-order valence-corrected chi connectivity index (χ0v) is 10.4. The molecule has 0 aliphatic rings. The molecule has 0 aliphatic heterocycles. The highest BCUT2D eigenvalue weighted by atomic mass is 35.5. The van der Waals surface area contributed by atoms with E-state index in [1.54, 1.807) is 12.1 Å². The van der Waals surface area contributed by atoms with Crippen LogP contribution in [-0.4, -0.2) is 6.21 Å². The standard InChI is InChI=1S/C14H10ClF2N/c1-9-2-4-10(5-3-9)18-8-11-12(16)6-7-13(17)14(11)15/h2-8H,1H3/b18-8+. The number of hydrogen-bond acceptors (Lipinski definition) is 1. The number of rotatable bonds is 2. The molecule has 0 amide bonds. The molecule has 2 aromatic carbocycles. The summed E-state index contributed by atoms with van der Waals surface area (Å²) in [4.78, 5) is 4.06. The van der Waals surface area contributed by atoms with Crippen molar-refractivity contribution in [2.75, 3.05) is 0 Å². The summed E-state index contributed by atoms with van der Waals surface area (Å²) in [6.45, 7) is 1.95. The first-order chi connectivity index (χ1) is 8.58. The second kappa shape index (κ2) is 5.27. The third kappa shape index (κ3) is 2.74. The van der Waals surface area contributed by atoms with Crippen LogP contribution in [0.25, 0.3) is 0 Å². The molecule has 0 atom stereocenters. The van der Waals surface area contributed by atoms with Gasteiger partial charge in [0.1, 0.15) is 11.6 Å². The molecule has 0 aliphatic carbocycles. The molecule has 0 spiro atoms. The highest BCUT2D eigenvalue weighted by molar-refractivity contribution is 6.33. The lowest BCUT2D eigenvalue weighted by Crippen LogP contribution is -1.92. The Hall–Kier alpha value is -1.74. The van der Waals surface area contributed by atoms with Gasteiger partial charge in [-0.3, -0.25) is 4.99 Å². The molecule has 0 bridgehead atoms. The van der Waals surface area contributed by atoms with E-state index in [4.69, 9.17) is 11.6 Å². The molecular formula is C14H10ClF2N. The van der Waals surface area contributed by atoms with Crippen molar-refractivity contribution in [3.05, 3.63) is 64.2 Å². The Morgan fingerprint density at radius 3 is 2.28 bits per heavy atom. The van der Waals surface area contributed by atoms with E-state index in [1.165, 1.54) is 6.21 Å². The van der Waals surface area contributed by atoms with Gasteiger partial charge in [-0.15, -0.1) is 0 Å². The van der Waals surface area contributed by atoms with Gasteiger partial charge in [-0.25, -0.2) is 8.78 Å². The topological polar surface area (TPSA) is 12.4 Å². The van der Waals surface area contributed by atoms with Gasteiger partial charge in [0.2, 0.25) is 0 Å². The van der Waals surface area contributed by atoms with Crippen molar-refractivity contribution < 1.29 is 8.78 Å². The minimum absolute atomic E-state index is 0.0442. The Balaban J connectivity index is 2.34. The van der Waals surface area contributed by atoms with Gasteiger partial charge >= 0.3 is 0 Å². The van der Waals surface area contributed by atoms with E-state index in [0.29, 0.717) is 5.69 Å². The predicted molar refractivity (Wildman–Crippen MR) is 69.8 cm³/mol. The second-order valence-corrected chi connectivity index (χ2v) is 4.23. The Bertz CT molecular complexity index is 591. The van der Waals surface area contributed by atoms with E-state index < -0.39 is 11.6 Å². The third-order valence-corrected chi connectivity index (χ3v) is 2.84. The number of halogens is 3. The van der Waals surface area contributed by atoms with Crippen molar-refractivity contribution >= 4 is 23.5 Å². The van der Waals surface area contributed by atoms with Crippen LogP contribution in [0.15, 0.2) is 41.4 Å². The van der Waals surface area contributed by atoms with Gasteiger partial charge in [-0.1, -0.05) is 29.3 Å². The van der Waals surface area contributed by atoms with Crippen molar-refractivity contribution in [2.24, 2.45) is 4.99 Å². The molecule has 18 heavy (non-hydrogen) atoms. The molecule has 0 fully saturated rings. The summed E-state index contributed by atoms with van der Waals surface area (Å²) < 4.78 is 26.6. The molecule has 2 rings (SSSR count). The molecular weight excluding hydrogens is 256 g/mol. The highest BCUT2D eigenvalue weighted by Gasteiger charge is 2.09. The Labute approximate surface area is 109 Å². The molecule has 0 saturated carbocycles. The van der Waals surface area contributed by atoms with Gasteiger partial charge in [0.05, 0.1) is 16.3 Å². The fourth-order valence-corrected chi connectivity index (χ4v) is 1.63. The van der Waals surface area contributed by atoms with E-state index in [0.717, 1.165) is 17.7 Å². The van der Waals surface area contributed by atoms with Crippen molar-refractivity contribution in [2.45, 2.75) is 6.92 Å². The average Bonchev–Trinajstić information content (AvgIpc) is 2.36. The van der Waals surface area contributed by atoms with Crippen LogP contribution < -0.4 is 0 Å². The Morgan fingerprint density at radius 2 is 1.61 bits per heavy atom. The van der Waals surface area contributed by atoms with Gasteiger partial charge in [0.25, 0.3) is 0 Å². The quantitative estimate of drug-likeness (QED) is 0.552. The zero-order valence-electron chi connectivity index (χ0n) is 9.62. The molecule has 1 nitrogen and oxygen atoms in total. The number of hydrogen-bond donors (Lipinski definition) is 0. The van der Waals surface area contributed by atoms with Crippen LogP contribution in [0.5, 0.6) is 0 Å². The van der Waals surface area contributed by atoms with Crippen LogP contribution in [0.1, 0.15) is 11.1 Å². The summed E-state index contributed by atoms with van der Waals surface area (Å²) in [5.74, 6) is -1.26. The van der Waals surface area contributed by atoms with Crippen molar-refractivity contribution in [1.82, 2.24) is 0 Å². The first-order valence-electron chi connectivity index (χ1n) is 5.32. The fraction of sp³-hybridized carbons (Fsp3) is 0.0714. The Kier molecular flexibility index (Phi) is 3.72. The lowest BCUT2D eigenvalue weighted by Gasteiger charge is -2.01. The summed E-state index contributed by atoms with van der Waals surface area (Å²) in [5, 5.41) is -0.258. The van der Waals surface area contributed by atoms with Crippen LogP contribution in [0, 0.1) is 18.6 Å². The van der Waals surface area contributed by atoms with Gasteiger partial charge in [-0.05, 0) is 31.2 Å². The fourth-order valence-electron chi connectivity index (χ4n) is 1.43. The van der Waals surface area contributed by atoms with E-state index in [1.807, 2.05) is 19.1 Å². The van der Waals surface area contributed by atoms with Crippen LogP contribution in [0.2, 0.25) is 5.02 Å². The molecule has 0 saturated heterocycles. The monoisotopic (exact) mass is 265 g/mol. The van der Waals surface area contributed by atoms with Crippen LogP contribution in [-0.2, 0) is 0 Å². The molecule has 0 heterocycles. The van der Waals surface area contributed by atoms with Crippen LogP contribution in [0.3, 0.4) is 0 Å². The van der Waals surface area contributed by atoms with Crippen molar-refractivity contribution in [3.63, 3.8) is 0 Å². The molecule has 2 aromatic rings. The lowest BCUT2D eigenvalue weighted by molar-refractivity contribution is 0.599. The second-order valence-electron chi connectivity index (χ2n) is 3.85. The first kappa shape index (κ1) is 12.7. The van der Waals surface area contributed by atoms with E-state index in [2.05, 4.69) is 4.99 Å². The molecule has 92 valence electrons. The smallest absolute Gasteiger partial charge is 0.142 e. The molecule has 0 N–H and O–H groups in total. The van der Waals surface area contributed by atoms with Crippen molar-refractivity contribution in [1.29, 1.82) is 0 Å². The number of aliphatic imine (C=N–C) groups is 1. The van der Waals surface area contributed by atoms with E-state index in [9.17, 15) is 8.78 Å². The molecule has 4 heteroatoms. The summed E-state index contributed by atoms with van der Waals surface area (Å²) in [7, 11) is 0. The van der Waals surface area contributed by atoms with Crippen molar-refractivity contribution in [3.8, 4) is 0 Å². The minimum atomic E-state index is -0.663. The molecule has 0 radical (unpaired) electrons. The summed E-state index contributed by atoms with van der Waals surface area (Å²) in [5.41, 5.74) is 1.71. The highest BCUT2D eigenvalue weighted by Crippen LogP contribution is 2.22. The van der Waals surface area contributed by atoms with E-state index >= 15 is 0 Å². The summed E-state index contributed by atoms with van der Waals surface area (Å²) in [6, 6.07) is 9.36. The Morgan fingerprint density at radius 1 is 1.00 bits per heavy atom. The maximum atomic E-state index is 13.5. The lowest BCUT2D eigenvalue weighted by atomic mass is 10.2. The third-order valence-electron chi connectivity index (χ3n) is 2.46. The average molecular weight is 266 g/mol. The van der Waals surface area contributed by atoms with Gasteiger partial charge in [0.15, 0.2) is 0 Å². The summed E-state index contributed by atoms with van der Waals surface area (Å²) >= 11 is 5.68. The molecule has 0 unspecified atom stereocenters. The largest absolute Gasteiger partial charge is 0.256 e. The maximum absolute atomic E-state index is 13.5. The van der Waals surface area contributed by atoms with Gasteiger partial charge in [-0.2, -0.15) is 0 Å². The maximum Gasteiger partial charge on any atom is 0.142 e. The minimum Gasteiger partial charge on any atom is -0.256 e. The van der Waals surface area contributed by atoms with Crippen LogP contribution >= 0.6 is 11.6 Å². The van der Waals surface area contributed by atoms with E-state index in [-0.39, 0.29) is 10.6 Å². The number of nitrogens with zero attached hydrogens (tertiary/aromatic N) is 1. The van der Waals surface area contributed by atoms with Crippen LogP contribution in [0.4, 0.5) is 14.5 Å². The van der Waals surface area contributed by atoms with Gasteiger partial charge < -0.3 is 0 Å². The SMILES string of the molecule is Cc1ccc(/N=C/c2c(F)ccc(F)c2Cl)cc1. The number of aryl methyl sites for hydroxylation is 1.